The van der Waals surface area contributed by atoms with Crippen molar-refractivity contribution in [1.82, 2.24) is 0 Å². The Bertz CT molecular complexity index is 456. The van der Waals surface area contributed by atoms with Crippen LogP contribution in [0.15, 0.2) is 0 Å². The van der Waals surface area contributed by atoms with Gasteiger partial charge in [0.15, 0.2) is 0 Å². The maximum atomic E-state index is 12.0. The van der Waals surface area contributed by atoms with Gasteiger partial charge in [0, 0.05) is 0 Å². The Labute approximate surface area is 201 Å². The van der Waals surface area contributed by atoms with Crippen molar-refractivity contribution >= 4 is 33.5 Å². The summed E-state index contributed by atoms with van der Waals surface area (Å²) >= 11 is 0. The van der Waals surface area contributed by atoms with Gasteiger partial charge in [0.1, 0.15) is 36.9 Å². The Hall–Kier alpha value is -0.520. The molecule has 32 heavy (non-hydrogen) atoms. The van der Waals surface area contributed by atoms with Gasteiger partial charge in [-0.2, -0.15) is 0 Å². The van der Waals surface area contributed by atoms with Crippen LogP contribution in [0.5, 0.6) is 0 Å². The van der Waals surface area contributed by atoms with E-state index in [0.717, 1.165) is 0 Å². The van der Waals surface area contributed by atoms with Crippen molar-refractivity contribution in [2.24, 2.45) is 0 Å². The summed E-state index contributed by atoms with van der Waals surface area (Å²) in [6.45, 7) is 16.4. The van der Waals surface area contributed by atoms with E-state index >= 15 is 0 Å². The maximum Gasteiger partial charge on any atom is 0.316 e. The summed E-state index contributed by atoms with van der Waals surface area (Å²) in [6, 6.07) is 0. The number of hydrogen-bond acceptors (Lipinski definition) is 10. The number of esters is 2. The standard InChI is InChI=1S/C22H42O8S2/c1-15(2)25-9-19(29-17(5)6)11-27-21(23)13-31-32-14-22(24)28-12-20(30-18(7)8)10-26-16(3)4/h15-20H,9-14H2,1-8H3. The number of ether oxygens (including phenoxy) is 6. The summed E-state index contributed by atoms with van der Waals surface area (Å²) in [4.78, 5) is 23.9. The molecule has 0 spiro atoms. The second-order valence-corrected chi connectivity index (χ2v) is 10.7. The molecule has 0 saturated heterocycles. The molecule has 10 heteroatoms. The number of carbonyl (C=O) groups excluding carboxylic acids is 2. The van der Waals surface area contributed by atoms with Crippen molar-refractivity contribution in [3.63, 3.8) is 0 Å². The normalized spacial score (nSPS) is 13.8. The minimum absolute atomic E-state index is 0.00729. The Kier molecular flexibility index (Phi) is 18.6. The Morgan fingerprint density at radius 3 is 1.19 bits per heavy atom. The van der Waals surface area contributed by atoms with E-state index in [9.17, 15) is 9.59 Å². The maximum absolute atomic E-state index is 12.0. The van der Waals surface area contributed by atoms with Crippen molar-refractivity contribution in [1.29, 1.82) is 0 Å². The molecule has 190 valence electrons. The third kappa shape index (κ3) is 20.1. The third-order valence-electron chi connectivity index (χ3n) is 3.46. The van der Waals surface area contributed by atoms with Crippen LogP contribution in [-0.2, 0) is 38.0 Å². The van der Waals surface area contributed by atoms with Gasteiger partial charge in [0.25, 0.3) is 0 Å². The van der Waals surface area contributed by atoms with E-state index in [2.05, 4.69) is 0 Å². The quantitative estimate of drug-likeness (QED) is 0.148. The number of carbonyl (C=O) groups is 2. The van der Waals surface area contributed by atoms with E-state index < -0.39 is 0 Å². The highest BCUT2D eigenvalue weighted by Gasteiger charge is 2.17. The number of hydrogen-bond donors (Lipinski definition) is 0. The van der Waals surface area contributed by atoms with Crippen LogP contribution in [0.25, 0.3) is 0 Å². The zero-order valence-corrected chi connectivity index (χ0v) is 22.4. The first-order valence-electron chi connectivity index (χ1n) is 11.1. The Morgan fingerprint density at radius 2 is 0.906 bits per heavy atom. The molecule has 0 bridgehead atoms. The van der Waals surface area contributed by atoms with Gasteiger partial charge in [0.2, 0.25) is 0 Å². The summed E-state index contributed by atoms with van der Waals surface area (Å²) in [5, 5.41) is 0. The highest BCUT2D eigenvalue weighted by atomic mass is 33.1. The highest BCUT2D eigenvalue weighted by Crippen LogP contribution is 2.21. The Balaban J connectivity index is 4.09. The largest absolute Gasteiger partial charge is 0.462 e. The average Bonchev–Trinajstić information content (AvgIpc) is 2.68. The lowest BCUT2D eigenvalue weighted by molar-refractivity contribution is -0.150. The fourth-order valence-corrected chi connectivity index (χ4v) is 3.86. The smallest absolute Gasteiger partial charge is 0.316 e. The molecule has 0 aromatic carbocycles. The fourth-order valence-electron chi connectivity index (χ4n) is 2.26. The highest BCUT2D eigenvalue weighted by molar-refractivity contribution is 8.77. The first-order chi connectivity index (χ1) is 15.0. The molecule has 0 aliphatic rings. The summed E-state index contributed by atoms with van der Waals surface area (Å²) in [6.07, 6.45) is -0.457. The van der Waals surface area contributed by atoms with E-state index in [1.165, 1.54) is 21.6 Å². The molecule has 0 radical (unpaired) electrons. The molecule has 0 fully saturated rings. The molecule has 2 atom stereocenters. The van der Waals surface area contributed by atoms with Gasteiger partial charge >= 0.3 is 11.9 Å². The van der Waals surface area contributed by atoms with Gasteiger partial charge in [-0.15, -0.1) is 0 Å². The molecule has 0 aliphatic carbocycles. The molecule has 0 heterocycles. The van der Waals surface area contributed by atoms with Crippen LogP contribution in [-0.4, -0.2) is 86.5 Å². The fraction of sp³-hybridized carbons (Fsp3) is 0.909. The molecule has 0 aromatic heterocycles. The summed E-state index contributed by atoms with van der Waals surface area (Å²) < 4.78 is 33.1. The lowest BCUT2D eigenvalue weighted by Gasteiger charge is -2.21. The minimum Gasteiger partial charge on any atom is -0.462 e. The first-order valence-corrected chi connectivity index (χ1v) is 13.6. The van der Waals surface area contributed by atoms with Gasteiger partial charge in [-0.05, 0) is 55.4 Å². The minimum atomic E-state index is -0.367. The number of rotatable bonds is 19. The van der Waals surface area contributed by atoms with Crippen molar-refractivity contribution in [2.75, 3.05) is 37.9 Å². The monoisotopic (exact) mass is 498 g/mol. The van der Waals surface area contributed by atoms with Crippen molar-refractivity contribution in [2.45, 2.75) is 92.0 Å². The summed E-state index contributed by atoms with van der Waals surface area (Å²) in [5.41, 5.74) is 0. The predicted molar refractivity (Wildman–Crippen MR) is 129 cm³/mol. The summed E-state index contributed by atoms with van der Waals surface area (Å²) in [5.74, 6) is -0.486. The lowest BCUT2D eigenvalue weighted by Crippen LogP contribution is -2.31. The Morgan fingerprint density at radius 1 is 0.562 bits per heavy atom. The zero-order valence-electron chi connectivity index (χ0n) is 20.8. The van der Waals surface area contributed by atoms with Crippen molar-refractivity contribution < 1.29 is 38.0 Å². The zero-order chi connectivity index (χ0) is 24.5. The SMILES string of the molecule is CC(C)OCC(COC(=O)CSSCC(=O)OCC(COC(C)C)OC(C)C)OC(C)C. The van der Waals surface area contributed by atoms with Crippen LogP contribution in [0.3, 0.4) is 0 Å². The van der Waals surface area contributed by atoms with E-state index in [0.29, 0.717) is 13.2 Å². The van der Waals surface area contributed by atoms with Crippen LogP contribution in [0.4, 0.5) is 0 Å². The van der Waals surface area contributed by atoms with Gasteiger partial charge in [-0.25, -0.2) is 0 Å². The molecule has 0 aliphatic heterocycles. The third-order valence-corrected chi connectivity index (χ3v) is 5.54. The van der Waals surface area contributed by atoms with Gasteiger partial charge < -0.3 is 28.4 Å². The molecule has 0 amide bonds. The van der Waals surface area contributed by atoms with Crippen LogP contribution in [0.1, 0.15) is 55.4 Å². The lowest BCUT2D eigenvalue weighted by atomic mass is 10.3. The van der Waals surface area contributed by atoms with Gasteiger partial charge in [-0.3, -0.25) is 9.59 Å². The second kappa shape index (κ2) is 18.9. The van der Waals surface area contributed by atoms with E-state index in [1.54, 1.807) is 0 Å². The molecule has 0 N–H and O–H groups in total. The molecule has 8 nitrogen and oxygen atoms in total. The predicted octanol–water partition coefficient (Wildman–Crippen LogP) is 3.89. The summed E-state index contributed by atoms with van der Waals surface area (Å²) in [7, 11) is 2.49. The van der Waals surface area contributed by atoms with E-state index in [-0.39, 0.29) is 73.3 Å². The van der Waals surface area contributed by atoms with E-state index in [4.69, 9.17) is 28.4 Å². The van der Waals surface area contributed by atoms with Crippen LogP contribution in [0, 0.1) is 0 Å². The van der Waals surface area contributed by atoms with Gasteiger partial charge in [-0.1, -0.05) is 21.6 Å². The molecule has 0 aromatic rings. The van der Waals surface area contributed by atoms with Crippen molar-refractivity contribution in [3.8, 4) is 0 Å². The topological polar surface area (TPSA) is 89.5 Å². The second-order valence-electron chi connectivity index (χ2n) is 8.27. The van der Waals surface area contributed by atoms with Crippen LogP contribution >= 0.6 is 21.6 Å². The molecule has 0 saturated carbocycles. The van der Waals surface area contributed by atoms with Crippen molar-refractivity contribution in [3.05, 3.63) is 0 Å². The molecule has 0 rings (SSSR count). The molecular weight excluding hydrogens is 456 g/mol. The van der Waals surface area contributed by atoms with Crippen LogP contribution < -0.4 is 0 Å². The molecule has 2 unspecified atom stereocenters. The van der Waals surface area contributed by atoms with Gasteiger partial charge in [0.05, 0.1) is 37.6 Å². The average molecular weight is 499 g/mol. The first kappa shape index (κ1) is 31.5. The van der Waals surface area contributed by atoms with Crippen LogP contribution in [0.2, 0.25) is 0 Å². The van der Waals surface area contributed by atoms with E-state index in [1.807, 2.05) is 55.4 Å². The molecular formula is C22H42O8S2.